The molecule has 0 saturated heterocycles. The molecule has 122 valence electrons. The topological polar surface area (TPSA) is 90.1 Å². The van der Waals surface area contributed by atoms with Gasteiger partial charge >= 0.3 is 6.01 Å². The molecule has 0 aliphatic rings. The number of anilines is 1. The van der Waals surface area contributed by atoms with Crippen LogP contribution in [0.15, 0.2) is 36.5 Å². The smallest absolute Gasteiger partial charge is 0.322 e. The van der Waals surface area contributed by atoms with Crippen molar-refractivity contribution in [2.75, 3.05) is 5.32 Å². The van der Waals surface area contributed by atoms with Gasteiger partial charge in [0.05, 0.1) is 6.04 Å². The van der Waals surface area contributed by atoms with Gasteiger partial charge in [-0.1, -0.05) is 20.8 Å². The summed E-state index contributed by atoms with van der Waals surface area (Å²) in [6.45, 7) is 7.65. The summed E-state index contributed by atoms with van der Waals surface area (Å²) in [5.74, 6) is 0.377. The molecule has 2 aromatic rings. The van der Waals surface area contributed by atoms with Crippen LogP contribution in [0.5, 0.6) is 11.8 Å². The van der Waals surface area contributed by atoms with Crippen molar-refractivity contribution < 1.29 is 9.53 Å². The van der Waals surface area contributed by atoms with E-state index in [-0.39, 0.29) is 17.3 Å². The van der Waals surface area contributed by atoms with Crippen LogP contribution in [0.3, 0.4) is 0 Å². The zero-order chi connectivity index (χ0) is 17.0. The molecule has 1 aromatic heterocycles. The van der Waals surface area contributed by atoms with Crippen LogP contribution >= 0.6 is 0 Å². The molecule has 0 unspecified atom stereocenters. The lowest BCUT2D eigenvalue weighted by Crippen LogP contribution is -2.45. The molecule has 2 rings (SSSR count). The van der Waals surface area contributed by atoms with Crippen LogP contribution in [0, 0.1) is 12.3 Å². The minimum Gasteiger partial charge on any atom is -0.424 e. The molecule has 0 bridgehead atoms. The zero-order valence-corrected chi connectivity index (χ0v) is 13.8. The van der Waals surface area contributed by atoms with E-state index < -0.39 is 6.04 Å². The number of nitrogens with two attached hydrogens (primary N) is 1. The summed E-state index contributed by atoms with van der Waals surface area (Å²) >= 11 is 0. The number of aryl methyl sites for hydroxylation is 1. The molecule has 1 aromatic carbocycles. The molecule has 3 N–H and O–H groups in total. The highest BCUT2D eigenvalue weighted by molar-refractivity contribution is 5.95. The summed E-state index contributed by atoms with van der Waals surface area (Å²) in [6.07, 6.45) is 1.64. The van der Waals surface area contributed by atoms with Crippen molar-refractivity contribution in [3.8, 4) is 11.8 Å². The second-order valence-electron chi connectivity index (χ2n) is 6.44. The number of nitrogens with one attached hydrogen (secondary N) is 1. The zero-order valence-electron chi connectivity index (χ0n) is 13.8. The third-order valence-electron chi connectivity index (χ3n) is 3.32. The van der Waals surface area contributed by atoms with Gasteiger partial charge in [-0.15, -0.1) is 0 Å². The van der Waals surface area contributed by atoms with E-state index in [4.69, 9.17) is 10.5 Å². The molecule has 0 fully saturated rings. The average molecular weight is 314 g/mol. The average Bonchev–Trinajstić information content (AvgIpc) is 2.47. The number of carbonyl (C=O) groups excluding carboxylic acids is 1. The number of rotatable bonds is 4. The van der Waals surface area contributed by atoms with Gasteiger partial charge in [-0.3, -0.25) is 4.79 Å². The van der Waals surface area contributed by atoms with Gasteiger partial charge in [0, 0.05) is 17.6 Å². The van der Waals surface area contributed by atoms with Gasteiger partial charge in [0.25, 0.3) is 0 Å². The number of aromatic nitrogens is 2. The molecule has 1 atom stereocenters. The Labute approximate surface area is 136 Å². The Morgan fingerprint density at radius 1 is 1.22 bits per heavy atom. The van der Waals surface area contributed by atoms with Crippen molar-refractivity contribution in [2.24, 2.45) is 11.1 Å². The lowest BCUT2D eigenvalue weighted by Gasteiger charge is -2.25. The van der Waals surface area contributed by atoms with E-state index in [9.17, 15) is 4.79 Å². The molecule has 0 aliphatic heterocycles. The van der Waals surface area contributed by atoms with E-state index in [1.54, 1.807) is 36.5 Å². The first-order valence-electron chi connectivity index (χ1n) is 7.40. The summed E-state index contributed by atoms with van der Waals surface area (Å²) in [7, 11) is 0. The highest BCUT2D eigenvalue weighted by atomic mass is 16.5. The summed E-state index contributed by atoms with van der Waals surface area (Å²) < 4.78 is 5.56. The molecule has 1 heterocycles. The second kappa shape index (κ2) is 6.75. The Morgan fingerprint density at radius 2 is 1.87 bits per heavy atom. The maximum absolute atomic E-state index is 12.1. The summed E-state index contributed by atoms with van der Waals surface area (Å²) in [5.41, 5.74) is 7.13. The fourth-order valence-corrected chi connectivity index (χ4v) is 1.80. The van der Waals surface area contributed by atoms with E-state index in [1.807, 2.05) is 27.7 Å². The van der Waals surface area contributed by atoms with Gasteiger partial charge in [-0.2, -0.15) is 0 Å². The predicted molar refractivity (Wildman–Crippen MR) is 89.3 cm³/mol. The van der Waals surface area contributed by atoms with Gasteiger partial charge in [0.15, 0.2) is 0 Å². The van der Waals surface area contributed by atoms with Crippen molar-refractivity contribution in [2.45, 2.75) is 33.7 Å². The largest absolute Gasteiger partial charge is 0.424 e. The Morgan fingerprint density at radius 3 is 2.43 bits per heavy atom. The number of hydrogen-bond donors (Lipinski definition) is 2. The van der Waals surface area contributed by atoms with Crippen LogP contribution in [0.25, 0.3) is 0 Å². The Balaban J connectivity index is 2.01. The number of amides is 1. The maximum Gasteiger partial charge on any atom is 0.322 e. The molecule has 0 aliphatic carbocycles. The first-order valence-corrected chi connectivity index (χ1v) is 7.40. The van der Waals surface area contributed by atoms with E-state index in [1.165, 1.54) is 0 Å². The lowest BCUT2D eigenvalue weighted by atomic mass is 9.87. The van der Waals surface area contributed by atoms with E-state index in [0.717, 1.165) is 5.69 Å². The Hall–Kier alpha value is -2.47. The molecule has 0 spiro atoms. The predicted octanol–water partition coefficient (Wildman–Crippen LogP) is 2.89. The molecule has 0 radical (unpaired) electrons. The second-order valence-corrected chi connectivity index (χ2v) is 6.44. The van der Waals surface area contributed by atoms with Crippen molar-refractivity contribution in [1.29, 1.82) is 0 Å². The maximum atomic E-state index is 12.1. The SMILES string of the molecule is Cc1ccnc(Oc2ccc(NC(=O)[C@@H](N)C(C)(C)C)cc2)n1. The van der Waals surface area contributed by atoms with Crippen LogP contribution in [-0.4, -0.2) is 21.9 Å². The number of hydrogen-bond acceptors (Lipinski definition) is 5. The fraction of sp³-hybridized carbons (Fsp3) is 0.353. The van der Waals surface area contributed by atoms with Gasteiger partial charge in [-0.05, 0) is 42.7 Å². The number of benzene rings is 1. The number of carbonyl (C=O) groups is 1. The molecule has 23 heavy (non-hydrogen) atoms. The summed E-state index contributed by atoms with van der Waals surface area (Å²) in [4.78, 5) is 20.3. The fourth-order valence-electron chi connectivity index (χ4n) is 1.80. The highest BCUT2D eigenvalue weighted by Crippen LogP contribution is 2.22. The van der Waals surface area contributed by atoms with Crippen LogP contribution in [0.1, 0.15) is 26.5 Å². The van der Waals surface area contributed by atoms with Crippen LogP contribution < -0.4 is 15.8 Å². The molecule has 0 saturated carbocycles. The van der Waals surface area contributed by atoms with E-state index in [2.05, 4.69) is 15.3 Å². The van der Waals surface area contributed by atoms with Gasteiger partial charge in [0.2, 0.25) is 5.91 Å². The third kappa shape index (κ3) is 4.75. The minimum absolute atomic E-state index is 0.215. The Kier molecular flexibility index (Phi) is 4.95. The van der Waals surface area contributed by atoms with Crippen molar-refractivity contribution in [1.82, 2.24) is 9.97 Å². The molecular weight excluding hydrogens is 292 g/mol. The van der Waals surface area contributed by atoms with Crippen LogP contribution in [0.4, 0.5) is 5.69 Å². The minimum atomic E-state index is -0.584. The Bertz CT molecular complexity index is 678. The quantitative estimate of drug-likeness (QED) is 0.905. The molecule has 1 amide bonds. The molecular formula is C17H22N4O2. The molecule has 6 nitrogen and oxygen atoms in total. The van der Waals surface area contributed by atoms with Gasteiger partial charge < -0.3 is 15.8 Å². The standard InChI is InChI=1S/C17H22N4O2/c1-11-9-10-19-16(20-11)23-13-7-5-12(6-8-13)21-15(22)14(18)17(2,3)4/h5-10,14H,18H2,1-4H3,(H,21,22)/t14-/m1/s1. The van der Waals surface area contributed by atoms with Crippen molar-refractivity contribution in [3.05, 3.63) is 42.2 Å². The monoisotopic (exact) mass is 314 g/mol. The van der Waals surface area contributed by atoms with Crippen LogP contribution in [-0.2, 0) is 4.79 Å². The van der Waals surface area contributed by atoms with Crippen molar-refractivity contribution >= 4 is 11.6 Å². The van der Waals surface area contributed by atoms with Crippen LogP contribution in [0.2, 0.25) is 0 Å². The third-order valence-corrected chi connectivity index (χ3v) is 3.32. The number of nitrogens with zero attached hydrogens (tertiary/aromatic N) is 2. The summed E-state index contributed by atoms with van der Waals surface area (Å²) in [5, 5.41) is 2.80. The van der Waals surface area contributed by atoms with E-state index in [0.29, 0.717) is 11.4 Å². The van der Waals surface area contributed by atoms with Gasteiger partial charge in [-0.25, -0.2) is 9.97 Å². The molecule has 6 heteroatoms. The highest BCUT2D eigenvalue weighted by Gasteiger charge is 2.27. The summed E-state index contributed by atoms with van der Waals surface area (Å²) in [6, 6.07) is 8.48. The van der Waals surface area contributed by atoms with Crippen molar-refractivity contribution in [3.63, 3.8) is 0 Å². The van der Waals surface area contributed by atoms with Gasteiger partial charge in [0.1, 0.15) is 5.75 Å². The normalized spacial score (nSPS) is 12.6. The first-order chi connectivity index (χ1) is 10.8. The first kappa shape index (κ1) is 16.9. The lowest BCUT2D eigenvalue weighted by molar-refractivity contribution is -0.119. The van der Waals surface area contributed by atoms with E-state index >= 15 is 0 Å². The number of ether oxygens (including phenoxy) is 1.